The maximum absolute atomic E-state index is 13.6. The third-order valence-corrected chi connectivity index (χ3v) is 11.6. The first kappa shape index (κ1) is 57.7. The Morgan fingerprint density at radius 3 is 1.70 bits per heavy atom. The topological polar surface area (TPSA) is 176 Å². The van der Waals surface area contributed by atoms with Gasteiger partial charge in [-0.2, -0.15) is 0 Å². The Balaban J connectivity index is 4.83. The van der Waals surface area contributed by atoms with Crippen molar-refractivity contribution in [1.29, 1.82) is 0 Å². The van der Waals surface area contributed by atoms with Crippen LogP contribution in [0.1, 0.15) is 170 Å². The second kappa shape index (κ2) is 36.2. The van der Waals surface area contributed by atoms with E-state index in [1.165, 1.54) is 99.9 Å². The molecule has 0 heterocycles. The van der Waals surface area contributed by atoms with Crippen LogP contribution < -0.4 is 10.6 Å². The molecule has 0 aromatic carbocycles. The summed E-state index contributed by atoms with van der Waals surface area (Å²) in [5, 5.41) is 5.66. The molecule has 0 radical (unpaired) electrons. The van der Waals surface area contributed by atoms with Crippen molar-refractivity contribution in [3.05, 3.63) is 0 Å². The average Bonchev–Trinajstić information content (AvgIpc) is 3.20. The largest absolute Gasteiger partial charge is 0.465 e. The van der Waals surface area contributed by atoms with Gasteiger partial charge in [-0.1, -0.05) is 125 Å². The van der Waals surface area contributed by atoms with E-state index in [-0.39, 0.29) is 110 Å². The summed E-state index contributed by atoms with van der Waals surface area (Å²) in [4.78, 5) is 104. The van der Waals surface area contributed by atoms with Gasteiger partial charge in [-0.05, 0) is 19.3 Å². The highest BCUT2D eigenvalue weighted by atomic mass is 32.2. The molecule has 0 saturated carbocycles. The number of esters is 1. The number of carbonyl (C=O) groups excluding carboxylic acids is 8. The highest BCUT2D eigenvalue weighted by molar-refractivity contribution is 7.99. The van der Waals surface area contributed by atoms with Gasteiger partial charge in [-0.15, -0.1) is 11.8 Å². The Hall–Kier alpha value is -3.29. The number of carbonyl (C=O) groups is 8. The molecule has 61 heavy (non-hydrogen) atoms. The lowest BCUT2D eigenvalue weighted by molar-refractivity contribution is -0.146. The number of rotatable bonds is 39. The number of thioether (sulfide) groups is 1. The predicted octanol–water partition coefficient (Wildman–Crippen LogP) is 7.51. The number of hydrogen-bond acceptors (Lipinski definition) is 10. The second-order valence-corrected chi connectivity index (χ2v) is 18.5. The predicted molar refractivity (Wildman–Crippen MR) is 245 cm³/mol. The lowest BCUT2D eigenvalue weighted by Crippen LogP contribution is -2.40. The fourth-order valence-corrected chi connectivity index (χ4v) is 7.59. The summed E-state index contributed by atoms with van der Waals surface area (Å²) in [6, 6.07) is 0. The number of hydrogen-bond donors (Lipinski definition) is 2. The van der Waals surface area contributed by atoms with Crippen molar-refractivity contribution in [3.8, 4) is 0 Å². The van der Waals surface area contributed by atoms with Crippen LogP contribution in [0.4, 0.5) is 0 Å². The Morgan fingerprint density at radius 2 is 1.13 bits per heavy atom. The molecule has 0 spiro atoms. The van der Waals surface area contributed by atoms with E-state index in [1.54, 1.807) is 34.6 Å². The molecule has 0 aromatic rings. The molecular formula is C47H84N4O9S. The summed E-state index contributed by atoms with van der Waals surface area (Å²) in [6.45, 7) is 11.4. The maximum atomic E-state index is 13.6. The monoisotopic (exact) mass is 881 g/mol. The number of unbranched alkanes of at least 4 members (excludes halogenated alkanes) is 13. The first-order valence-electron chi connectivity index (χ1n) is 23.3. The fraction of sp³-hybridized carbons (Fsp3) is 0.830. The molecule has 0 saturated heterocycles. The zero-order chi connectivity index (χ0) is 46.0. The molecule has 0 bridgehead atoms. The van der Waals surface area contributed by atoms with Crippen LogP contribution in [0.25, 0.3) is 0 Å². The van der Waals surface area contributed by atoms with E-state index in [1.807, 2.05) is 0 Å². The Kier molecular flexibility index (Phi) is 34.3. The molecule has 13 nitrogen and oxygen atoms in total. The molecule has 14 heteroatoms. The molecule has 0 aliphatic rings. The van der Waals surface area contributed by atoms with Crippen molar-refractivity contribution >= 4 is 58.7 Å². The minimum Gasteiger partial charge on any atom is -0.465 e. The number of likely N-dealkylation sites (N-methyl/N-ethyl adjacent to an activating group) is 2. The van der Waals surface area contributed by atoms with Crippen molar-refractivity contribution in [1.82, 2.24) is 20.4 Å². The number of nitrogens with one attached hydrogen (secondary N) is 2. The lowest BCUT2D eigenvalue weighted by atomic mass is 9.92. The van der Waals surface area contributed by atoms with Gasteiger partial charge in [0.1, 0.15) is 12.4 Å². The van der Waals surface area contributed by atoms with Gasteiger partial charge in [0.15, 0.2) is 11.6 Å². The molecule has 2 N–H and O–H groups in total. The molecule has 0 aliphatic carbocycles. The summed E-state index contributed by atoms with van der Waals surface area (Å²) < 4.78 is 5.12. The van der Waals surface area contributed by atoms with Gasteiger partial charge in [0.2, 0.25) is 23.6 Å². The van der Waals surface area contributed by atoms with E-state index in [4.69, 9.17) is 4.74 Å². The maximum Gasteiger partial charge on any atom is 0.308 e. The molecule has 352 valence electrons. The second-order valence-electron chi connectivity index (χ2n) is 17.4. The van der Waals surface area contributed by atoms with Gasteiger partial charge in [-0.25, -0.2) is 0 Å². The van der Waals surface area contributed by atoms with E-state index < -0.39 is 11.8 Å². The number of ether oxygens (including phenoxy) is 1. The Bertz CT molecular complexity index is 1310. The van der Waals surface area contributed by atoms with Gasteiger partial charge >= 0.3 is 5.97 Å². The van der Waals surface area contributed by atoms with Gasteiger partial charge in [0.05, 0.1) is 24.8 Å². The molecule has 0 rings (SSSR count). The SMILES string of the molecule is CCCCCCCCCCCCCCCC(=O)NCCC(=O)N(C)CC(=O)C[C@@H](CCCCNC(=O)CSCCOC(=O)C(C)C)C(=O)N(C)CC(=O)C[C@@H](C)C(=O)C(C)C. The summed E-state index contributed by atoms with van der Waals surface area (Å²) >= 11 is 1.36. The van der Waals surface area contributed by atoms with Crippen molar-refractivity contribution < 1.29 is 43.1 Å². The van der Waals surface area contributed by atoms with Crippen LogP contribution in [0.15, 0.2) is 0 Å². The van der Waals surface area contributed by atoms with Gasteiger partial charge in [0.25, 0.3) is 0 Å². The standard InChI is InChI=1S/C47H84N4O9S/c1-9-10-11-12-13-14-15-16-17-18-19-20-21-25-42(54)49-28-26-44(56)50(7)33-41(53)32-39(46(58)51(8)34-40(52)31-38(6)45(57)36(2)3)24-22-23-27-48-43(55)35-61-30-29-60-47(59)37(4)5/h36-39H,9-35H2,1-8H3,(H,48,55)(H,49,54)/t38-,39-/m1/s1. The summed E-state index contributed by atoms with van der Waals surface area (Å²) in [7, 11) is 3.03. The van der Waals surface area contributed by atoms with E-state index in [9.17, 15) is 38.4 Å². The number of amides is 4. The highest BCUT2D eigenvalue weighted by Crippen LogP contribution is 2.19. The van der Waals surface area contributed by atoms with E-state index in [2.05, 4.69) is 17.6 Å². The molecule has 0 aliphatic heterocycles. The summed E-state index contributed by atoms with van der Waals surface area (Å²) in [5.41, 5.74) is 0. The summed E-state index contributed by atoms with van der Waals surface area (Å²) in [5.74, 6) is -2.65. The third kappa shape index (κ3) is 31.2. The van der Waals surface area contributed by atoms with Gasteiger partial charge in [0, 0.05) is 76.4 Å². The lowest BCUT2D eigenvalue weighted by Gasteiger charge is -2.24. The van der Waals surface area contributed by atoms with Crippen LogP contribution in [-0.4, -0.2) is 115 Å². The van der Waals surface area contributed by atoms with E-state index >= 15 is 0 Å². The zero-order valence-electron chi connectivity index (χ0n) is 39.4. The van der Waals surface area contributed by atoms with Gasteiger partial charge in [-0.3, -0.25) is 38.4 Å². The molecule has 0 unspecified atom stereocenters. The Morgan fingerprint density at radius 1 is 0.590 bits per heavy atom. The van der Waals surface area contributed by atoms with E-state index in [0.29, 0.717) is 38.0 Å². The van der Waals surface area contributed by atoms with Gasteiger partial charge < -0.3 is 25.2 Å². The summed E-state index contributed by atoms with van der Waals surface area (Å²) in [6.07, 6.45) is 17.8. The molecule has 2 atom stereocenters. The average molecular weight is 881 g/mol. The number of nitrogens with zero attached hydrogens (tertiary/aromatic N) is 2. The van der Waals surface area contributed by atoms with Crippen LogP contribution in [-0.2, 0) is 43.1 Å². The minimum atomic E-state index is -0.743. The number of Topliss-reactive ketones (excluding diaryl/α,β-unsaturated/α-hetero) is 3. The third-order valence-electron chi connectivity index (χ3n) is 10.7. The first-order chi connectivity index (χ1) is 29.0. The van der Waals surface area contributed by atoms with E-state index in [0.717, 1.165) is 19.3 Å². The van der Waals surface area contributed by atoms with Crippen molar-refractivity contribution in [2.24, 2.45) is 23.7 Å². The molecule has 0 aromatic heterocycles. The van der Waals surface area contributed by atoms with Crippen LogP contribution in [0.2, 0.25) is 0 Å². The van der Waals surface area contributed by atoms with Crippen molar-refractivity contribution in [2.45, 2.75) is 170 Å². The molecule has 4 amide bonds. The first-order valence-corrected chi connectivity index (χ1v) is 24.5. The zero-order valence-corrected chi connectivity index (χ0v) is 40.2. The fourth-order valence-electron chi connectivity index (χ4n) is 6.95. The van der Waals surface area contributed by atoms with Crippen molar-refractivity contribution in [2.75, 3.05) is 58.4 Å². The van der Waals surface area contributed by atoms with Crippen LogP contribution in [0.5, 0.6) is 0 Å². The minimum absolute atomic E-state index is 0.0188. The molecular weight excluding hydrogens is 797 g/mol. The van der Waals surface area contributed by atoms with Crippen LogP contribution >= 0.6 is 11.8 Å². The van der Waals surface area contributed by atoms with Crippen LogP contribution in [0.3, 0.4) is 0 Å². The van der Waals surface area contributed by atoms with Crippen LogP contribution in [0, 0.1) is 23.7 Å². The molecule has 0 fully saturated rings. The normalized spacial score (nSPS) is 12.2. The smallest absolute Gasteiger partial charge is 0.308 e. The quantitative estimate of drug-likeness (QED) is 0.0464. The Labute approximate surface area is 373 Å². The van der Waals surface area contributed by atoms with Crippen molar-refractivity contribution in [3.63, 3.8) is 0 Å². The number of ketones is 3. The highest BCUT2D eigenvalue weighted by Gasteiger charge is 2.28.